The normalized spacial score (nSPS) is 11.2. The van der Waals surface area contributed by atoms with Crippen LogP contribution in [-0.4, -0.2) is 36.8 Å². The first-order valence-corrected chi connectivity index (χ1v) is 10.2. The first kappa shape index (κ1) is 20.5. The molecule has 0 unspecified atom stereocenters. The van der Waals surface area contributed by atoms with E-state index in [9.17, 15) is 9.59 Å². The lowest BCUT2D eigenvalue weighted by atomic mass is 10.1. The molecule has 2 aromatic heterocycles. The molecular formula is C23H24N6O2. The summed E-state index contributed by atoms with van der Waals surface area (Å²) in [6, 6.07) is 14.5. The Hall–Kier alpha value is -3.81. The van der Waals surface area contributed by atoms with Crippen LogP contribution < -0.4 is 10.9 Å². The second kappa shape index (κ2) is 8.51. The van der Waals surface area contributed by atoms with Gasteiger partial charge in [0.15, 0.2) is 0 Å². The third-order valence-electron chi connectivity index (χ3n) is 5.17. The Morgan fingerprint density at radius 2 is 1.84 bits per heavy atom. The SMILES string of the molecule is Cc1nc2ccccc2c(=O)n1-c1ccc(C(=O)NCCc2nncn2C(C)C)cc1. The molecule has 4 aromatic rings. The van der Waals surface area contributed by atoms with Gasteiger partial charge in [-0.25, -0.2) is 4.98 Å². The summed E-state index contributed by atoms with van der Waals surface area (Å²) in [6.07, 6.45) is 2.30. The van der Waals surface area contributed by atoms with E-state index in [4.69, 9.17) is 0 Å². The molecule has 0 aliphatic heterocycles. The lowest BCUT2D eigenvalue weighted by Gasteiger charge is -2.12. The molecule has 0 fully saturated rings. The van der Waals surface area contributed by atoms with Crippen LogP contribution >= 0.6 is 0 Å². The van der Waals surface area contributed by atoms with Crippen LogP contribution in [0.25, 0.3) is 16.6 Å². The van der Waals surface area contributed by atoms with Crippen LogP contribution in [0.4, 0.5) is 0 Å². The quantitative estimate of drug-likeness (QED) is 0.522. The molecule has 0 spiro atoms. The van der Waals surface area contributed by atoms with E-state index in [0.29, 0.717) is 40.9 Å². The van der Waals surface area contributed by atoms with E-state index in [0.717, 1.165) is 5.82 Å². The number of aromatic nitrogens is 5. The van der Waals surface area contributed by atoms with Gasteiger partial charge in [-0.3, -0.25) is 14.2 Å². The number of benzene rings is 2. The van der Waals surface area contributed by atoms with Crippen molar-refractivity contribution in [1.82, 2.24) is 29.6 Å². The molecule has 0 radical (unpaired) electrons. The number of hydrogen-bond donors (Lipinski definition) is 1. The zero-order valence-corrected chi connectivity index (χ0v) is 17.7. The summed E-state index contributed by atoms with van der Waals surface area (Å²) < 4.78 is 3.54. The van der Waals surface area contributed by atoms with Crippen molar-refractivity contribution >= 4 is 16.8 Å². The summed E-state index contributed by atoms with van der Waals surface area (Å²) in [6.45, 7) is 6.37. The smallest absolute Gasteiger partial charge is 0.265 e. The number of nitrogens with one attached hydrogen (secondary N) is 1. The zero-order chi connectivity index (χ0) is 22.0. The second-order valence-corrected chi connectivity index (χ2v) is 7.62. The van der Waals surface area contributed by atoms with E-state index in [1.54, 1.807) is 48.1 Å². The van der Waals surface area contributed by atoms with Gasteiger partial charge in [-0.15, -0.1) is 10.2 Å². The molecule has 31 heavy (non-hydrogen) atoms. The topological polar surface area (TPSA) is 94.7 Å². The second-order valence-electron chi connectivity index (χ2n) is 7.62. The van der Waals surface area contributed by atoms with Gasteiger partial charge < -0.3 is 9.88 Å². The van der Waals surface area contributed by atoms with Crippen molar-refractivity contribution in [1.29, 1.82) is 0 Å². The minimum Gasteiger partial charge on any atom is -0.352 e. The van der Waals surface area contributed by atoms with Crippen LogP contribution in [0.3, 0.4) is 0 Å². The molecule has 1 N–H and O–H groups in total. The van der Waals surface area contributed by atoms with Gasteiger partial charge in [-0.05, 0) is 57.2 Å². The third kappa shape index (κ3) is 4.09. The summed E-state index contributed by atoms with van der Waals surface area (Å²) >= 11 is 0. The van der Waals surface area contributed by atoms with Crippen molar-refractivity contribution in [2.45, 2.75) is 33.2 Å². The first-order chi connectivity index (χ1) is 15.0. The average Bonchev–Trinajstić information content (AvgIpc) is 3.23. The van der Waals surface area contributed by atoms with Crippen LogP contribution in [-0.2, 0) is 6.42 Å². The molecule has 0 atom stereocenters. The highest BCUT2D eigenvalue weighted by Gasteiger charge is 2.12. The Balaban J connectivity index is 1.48. The fraction of sp³-hybridized carbons (Fsp3) is 0.261. The molecule has 0 aliphatic carbocycles. The lowest BCUT2D eigenvalue weighted by Crippen LogP contribution is -2.27. The minimum atomic E-state index is -0.178. The molecule has 0 saturated carbocycles. The number of amides is 1. The van der Waals surface area contributed by atoms with Gasteiger partial charge >= 0.3 is 0 Å². The van der Waals surface area contributed by atoms with Crippen LogP contribution in [0.5, 0.6) is 0 Å². The van der Waals surface area contributed by atoms with Gasteiger partial charge in [0.1, 0.15) is 18.0 Å². The molecule has 4 rings (SSSR count). The minimum absolute atomic E-state index is 0.130. The molecular weight excluding hydrogens is 392 g/mol. The van der Waals surface area contributed by atoms with Gasteiger partial charge in [0.2, 0.25) is 0 Å². The molecule has 8 heteroatoms. The Bertz CT molecular complexity index is 1290. The molecule has 8 nitrogen and oxygen atoms in total. The molecule has 0 aliphatic rings. The van der Waals surface area contributed by atoms with E-state index in [1.807, 2.05) is 22.8 Å². The number of rotatable bonds is 6. The van der Waals surface area contributed by atoms with Crippen LogP contribution in [0.15, 0.2) is 59.7 Å². The number of para-hydroxylation sites is 1. The number of aryl methyl sites for hydroxylation is 1. The van der Waals surface area contributed by atoms with Gasteiger partial charge in [-0.2, -0.15) is 0 Å². The zero-order valence-electron chi connectivity index (χ0n) is 17.7. The highest BCUT2D eigenvalue weighted by atomic mass is 16.1. The van der Waals surface area contributed by atoms with E-state index in [1.165, 1.54) is 0 Å². The predicted molar refractivity (Wildman–Crippen MR) is 119 cm³/mol. The number of fused-ring (bicyclic) bond motifs is 1. The van der Waals surface area contributed by atoms with Crippen LogP contribution in [0.2, 0.25) is 0 Å². The lowest BCUT2D eigenvalue weighted by molar-refractivity contribution is 0.0954. The molecule has 0 saturated heterocycles. The summed E-state index contributed by atoms with van der Waals surface area (Å²) in [4.78, 5) is 30.0. The molecule has 0 bridgehead atoms. The van der Waals surface area contributed by atoms with Gasteiger partial charge in [0, 0.05) is 24.6 Å². The fourth-order valence-corrected chi connectivity index (χ4v) is 3.58. The molecule has 2 aromatic carbocycles. The maximum absolute atomic E-state index is 12.9. The maximum Gasteiger partial charge on any atom is 0.265 e. The molecule has 1 amide bonds. The van der Waals surface area contributed by atoms with Crippen LogP contribution in [0.1, 0.15) is 41.9 Å². The van der Waals surface area contributed by atoms with Crippen molar-refractivity contribution in [2.24, 2.45) is 0 Å². The summed E-state index contributed by atoms with van der Waals surface area (Å²) in [7, 11) is 0. The highest BCUT2D eigenvalue weighted by Crippen LogP contribution is 2.14. The Labute approximate surface area is 179 Å². The Kier molecular flexibility index (Phi) is 5.62. The Morgan fingerprint density at radius 3 is 2.58 bits per heavy atom. The monoisotopic (exact) mass is 416 g/mol. The van der Waals surface area contributed by atoms with Crippen molar-refractivity contribution in [2.75, 3.05) is 6.54 Å². The van der Waals surface area contributed by atoms with Crippen molar-refractivity contribution < 1.29 is 4.79 Å². The standard InChI is InChI=1S/C23H24N6O2/c1-15(2)28-14-25-27-21(28)12-13-24-22(30)17-8-10-18(11-9-17)29-16(3)26-20-7-5-4-6-19(20)23(29)31/h4-11,14-15H,12-13H2,1-3H3,(H,24,30). The number of carbonyl (C=O) groups excluding carboxylic acids is 1. The van der Waals surface area contributed by atoms with E-state index in [-0.39, 0.29) is 17.5 Å². The largest absolute Gasteiger partial charge is 0.352 e. The number of hydrogen-bond acceptors (Lipinski definition) is 5. The Morgan fingerprint density at radius 1 is 1.10 bits per heavy atom. The van der Waals surface area contributed by atoms with Gasteiger partial charge in [-0.1, -0.05) is 12.1 Å². The van der Waals surface area contributed by atoms with Crippen LogP contribution in [0, 0.1) is 6.92 Å². The third-order valence-corrected chi connectivity index (χ3v) is 5.17. The molecule has 158 valence electrons. The highest BCUT2D eigenvalue weighted by molar-refractivity contribution is 5.94. The number of carbonyl (C=O) groups is 1. The van der Waals surface area contributed by atoms with Crippen molar-refractivity contribution in [3.63, 3.8) is 0 Å². The summed E-state index contributed by atoms with van der Waals surface area (Å²) in [5, 5.41) is 11.5. The molecule has 2 heterocycles. The van der Waals surface area contributed by atoms with Crippen molar-refractivity contribution in [3.8, 4) is 5.69 Å². The van der Waals surface area contributed by atoms with Gasteiger partial charge in [0.05, 0.1) is 16.6 Å². The predicted octanol–water partition coefficient (Wildman–Crippen LogP) is 2.84. The van der Waals surface area contributed by atoms with E-state index in [2.05, 4.69) is 34.3 Å². The average molecular weight is 416 g/mol. The van der Waals surface area contributed by atoms with E-state index < -0.39 is 0 Å². The van der Waals surface area contributed by atoms with E-state index >= 15 is 0 Å². The number of nitrogens with zero attached hydrogens (tertiary/aromatic N) is 5. The summed E-state index contributed by atoms with van der Waals surface area (Å²) in [5.41, 5.74) is 1.73. The fourth-order valence-electron chi connectivity index (χ4n) is 3.58. The van der Waals surface area contributed by atoms with Crippen molar-refractivity contribution in [3.05, 3.63) is 82.4 Å². The first-order valence-electron chi connectivity index (χ1n) is 10.2. The maximum atomic E-state index is 12.9. The summed E-state index contributed by atoms with van der Waals surface area (Å²) in [5.74, 6) is 1.25. The van der Waals surface area contributed by atoms with Gasteiger partial charge in [0.25, 0.3) is 11.5 Å².